The smallest absolute Gasteiger partial charge is 0.309 e. The Morgan fingerprint density at radius 3 is 3.00 bits per heavy atom. The van der Waals surface area contributed by atoms with Crippen molar-refractivity contribution in [2.75, 3.05) is 13.9 Å². The number of methoxy groups -OCH3 is 1. The normalized spacial score (nSPS) is 25.3. The standard InChI is InChI=1S/C12H12O4/c1-14-12(13)9-5-8(9)7-2-3-10-11(4-7)16-6-15-10/h2-4,8-9H,5-6H2,1H3/t8-,9-/m1/s1. The first-order valence-electron chi connectivity index (χ1n) is 5.27. The van der Waals surface area contributed by atoms with Gasteiger partial charge in [0.1, 0.15) is 0 Å². The maximum Gasteiger partial charge on any atom is 0.309 e. The number of fused-ring (bicyclic) bond motifs is 1. The highest BCUT2D eigenvalue weighted by Gasteiger charge is 2.45. The van der Waals surface area contributed by atoms with E-state index in [9.17, 15) is 4.79 Å². The summed E-state index contributed by atoms with van der Waals surface area (Å²) in [5.41, 5.74) is 1.12. The number of rotatable bonds is 2. The summed E-state index contributed by atoms with van der Waals surface area (Å²) in [4.78, 5) is 11.3. The molecule has 4 heteroatoms. The van der Waals surface area contributed by atoms with Crippen LogP contribution in [0.5, 0.6) is 11.5 Å². The first-order chi connectivity index (χ1) is 7.79. The Balaban J connectivity index is 1.80. The number of carbonyl (C=O) groups is 1. The third kappa shape index (κ3) is 1.41. The average molecular weight is 220 g/mol. The van der Waals surface area contributed by atoms with E-state index in [1.807, 2.05) is 18.2 Å². The molecule has 2 aliphatic rings. The van der Waals surface area contributed by atoms with Gasteiger partial charge in [0.15, 0.2) is 11.5 Å². The molecule has 1 heterocycles. The minimum atomic E-state index is -0.123. The van der Waals surface area contributed by atoms with E-state index in [0.29, 0.717) is 0 Å². The van der Waals surface area contributed by atoms with Crippen LogP contribution >= 0.6 is 0 Å². The first kappa shape index (κ1) is 9.51. The molecule has 0 bridgehead atoms. The summed E-state index contributed by atoms with van der Waals surface area (Å²) < 4.78 is 15.3. The molecule has 0 spiro atoms. The Kier molecular flexibility index (Phi) is 2.02. The molecule has 1 aliphatic carbocycles. The molecule has 84 valence electrons. The van der Waals surface area contributed by atoms with Crippen LogP contribution in [0.25, 0.3) is 0 Å². The second-order valence-electron chi connectivity index (χ2n) is 4.08. The van der Waals surface area contributed by atoms with Crippen LogP contribution in [-0.4, -0.2) is 19.9 Å². The molecule has 0 saturated heterocycles. The van der Waals surface area contributed by atoms with Crippen LogP contribution in [0.2, 0.25) is 0 Å². The quantitative estimate of drug-likeness (QED) is 0.711. The van der Waals surface area contributed by atoms with Gasteiger partial charge in [-0.15, -0.1) is 0 Å². The van der Waals surface area contributed by atoms with E-state index in [0.717, 1.165) is 23.5 Å². The van der Waals surface area contributed by atoms with Crippen LogP contribution in [0.4, 0.5) is 0 Å². The largest absolute Gasteiger partial charge is 0.469 e. The lowest BCUT2D eigenvalue weighted by molar-refractivity contribution is -0.142. The number of hydrogen-bond acceptors (Lipinski definition) is 4. The molecule has 0 aromatic heterocycles. The number of benzene rings is 1. The third-order valence-corrected chi connectivity index (χ3v) is 3.12. The SMILES string of the molecule is COC(=O)[C@@H]1C[C@@H]1c1ccc2c(c1)OCO2. The van der Waals surface area contributed by atoms with Crippen molar-refractivity contribution < 1.29 is 19.0 Å². The van der Waals surface area contributed by atoms with E-state index in [1.54, 1.807) is 0 Å². The van der Waals surface area contributed by atoms with Gasteiger partial charge in [0, 0.05) is 0 Å². The van der Waals surface area contributed by atoms with Crippen LogP contribution in [0.1, 0.15) is 17.9 Å². The summed E-state index contributed by atoms with van der Waals surface area (Å²) in [6, 6.07) is 5.83. The van der Waals surface area contributed by atoms with Crippen molar-refractivity contribution in [3.8, 4) is 11.5 Å². The van der Waals surface area contributed by atoms with Gasteiger partial charge < -0.3 is 14.2 Å². The number of hydrogen-bond donors (Lipinski definition) is 0. The fourth-order valence-corrected chi connectivity index (χ4v) is 2.12. The molecule has 0 radical (unpaired) electrons. The van der Waals surface area contributed by atoms with Crippen molar-refractivity contribution >= 4 is 5.97 Å². The lowest BCUT2D eigenvalue weighted by Gasteiger charge is -2.01. The van der Waals surface area contributed by atoms with Crippen LogP contribution < -0.4 is 9.47 Å². The van der Waals surface area contributed by atoms with Crippen molar-refractivity contribution in [2.24, 2.45) is 5.92 Å². The third-order valence-electron chi connectivity index (χ3n) is 3.12. The van der Waals surface area contributed by atoms with Crippen LogP contribution in [0, 0.1) is 5.92 Å². The van der Waals surface area contributed by atoms with Gasteiger partial charge >= 0.3 is 5.97 Å². The van der Waals surface area contributed by atoms with Gasteiger partial charge in [0.05, 0.1) is 13.0 Å². The molecular weight excluding hydrogens is 208 g/mol. The zero-order valence-corrected chi connectivity index (χ0v) is 8.93. The monoisotopic (exact) mass is 220 g/mol. The summed E-state index contributed by atoms with van der Waals surface area (Å²) in [7, 11) is 1.43. The van der Waals surface area contributed by atoms with Gasteiger partial charge in [-0.2, -0.15) is 0 Å². The lowest BCUT2D eigenvalue weighted by atomic mass is 10.1. The van der Waals surface area contributed by atoms with Crippen LogP contribution in [0.15, 0.2) is 18.2 Å². The second kappa shape index (κ2) is 3.40. The van der Waals surface area contributed by atoms with Gasteiger partial charge in [-0.1, -0.05) is 6.07 Å². The summed E-state index contributed by atoms with van der Waals surface area (Å²) in [5.74, 6) is 1.72. The van der Waals surface area contributed by atoms with E-state index in [2.05, 4.69) is 0 Å². The molecule has 1 aromatic rings. The first-order valence-corrected chi connectivity index (χ1v) is 5.27. The van der Waals surface area contributed by atoms with Crippen molar-refractivity contribution in [3.63, 3.8) is 0 Å². The highest BCUT2D eigenvalue weighted by Crippen LogP contribution is 2.50. The molecule has 1 aromatic carbocycles. The molecule has 1 saturated carbocycles. The number of ether oxygens (including phenoxy) is 3. The summed E-state index contributed by atoms with van der Waals surface area (Å²) >= 11 is 0. The highest BCUT2D eigenvalue weighted by molar-refractivity contribution is 5.77. The predicted molar refractivity (Wildman–Crippen MR) is 55.4 cm³/mol. The topological polar surface area (TPSA) is 44.8 Å². The van der Waals surface area contributed by atoms with Gasteiger partial charge in [-0.3, -0.25) is 4.79 Å². The molecule has 1 aliphatic heterocycles. The van der Waals surface area contributed by atoms with E-state index in [4.69, 9.17) is 14.2 Å². The Morgan fingerprint density at radius 2 is 2.19 bits per heavy atom. The fraction of sp³-hybridized carbons (Fsp3) is 0.417. The molecule has 4 nitrogen and oxygen atoms in total. The van der Waals surface area contributed by atoms with E-state index in [1.165, 1.54) is 7.11 Å². The maximum absolute atomic E-state index is 11.3. The molecule has 0 unspecified atom stereocenters. The van der Waals surface area contributed by atoms with Gasteiger partial charge in [-0.05, 0) is 30.0 Å². The molecule has 3 rings (SSSR count). The van der Waals surface area contributed by atoms with E-state index >= 15 is 0 Å². The van der Waals surface area contributed by atoms with Crippen molar-refractivity contribution in [3.05, 3.63) is 23.8 Å². The molecule has 2 atom stereocenters. The number of carbonyl (C=O) groups excluding carboxylic acids is 1. The zero-order chi connectivity index (χ0) is 11.1. The molecular formula is C12H12O4. The van der Waals surface area contributed by atoms with Crippen molar-refractivity contribution in [1.82, 2.24) is 0 Å². The number of esters is 1. The Hall–Kier alpha value is -1.71. The minimum absolute atomic E-state index is 0.0189. The van der Waals surface area contributed by atoms with Gasteiger partial charge in [-0.25, -0.2) is 0 Å². The zero-order valence-electron chi connectivity index (χ0n) is 8.93. The molecule has 0 amide bonds. The van der Waals surface area contributed by atoms with Crippen LogP contribution in [0.3, 0.4) is 0 Å². The van der Waals surface area contributed by atoms with E-state index in [-0.39, 0.29) is 24.6 Å². The van der Waals surface area contributed by atoms with Crippen molar-refractivity contribution in [1.29, 1.82) is 0 Å². The molecule has 0 N–H and O–H groups in total. The van der Waals surface area contributed by atoms with Crippen LogP contribution in [-0.2, 0) is 9.53 Å². The maximum atomic E-state index is 11.3. The lowest BCUT2D eigenvalue weighted by Crippen LogP contribution is -2.03. The Morgan fingerprint density at radius 1 is 1.38 bits per heavy atom. The second-order valence-corrected chi connectivity index (χ2v) is 4.08. The molecule has 1 fully saturated rings. The Labute approximate surface area is 93.1 Å². The summed E-state index contributed by atoms with van der Waals surface area (Å²) in [6.07, 6.45) is 0.867. The average Bonchev–Trinajstić information content (AvgIpc) is 2.98. The van der Waals surface area contributed by atoms with Gasteiger partial charge in [0.2, 0.25) is 6.79 Å². The van der Waals surface area contributed by atoms with Crippen molar-refractivity contribution in [2.45, 2.75) is 12.3 Å². The highest BCUT2D eigenvalue weighted by atomic mass is 16.7. The predicted octanol–water partition coefficient (Wildman–Crippen LogP) is 1.69. The fourth-order valence-electron chi connectivity index (χ4n) is 2.12. The summed E-state index contributed by atoms with van der Waals surface area (Å²) in [5, 5.41) is 0. The molecule has 16 heavy (non-hydrogen) atoms. The summed E-state index contributed by atoms with van der Waals surface area (Å²) in [6.45, 7) is 0.282. The minimum Gasteiger partial charge on any atom is -0.469 e. The van der Waals surface area contributed by atoms with Gasteiger partial charge in [0.25, 0.3) is 0 Å². The van der Waals surface area contributed by atoms with E-state index < -0.39 is 0 Å². The Bertz CT molecular complexity index is 441.